The molecule has 1 amide bonds. The number of carbonyl (C=O) groups is 1. The molecule has 8 nitrogen and oxygen atoms in total. The van der Waals surface area contributed by atoms with Crippen LogP contribution in [0.25, 0.3) is 0 Å². The van der Waals surface area contributed by atoms with Crippen LogP contribution in [0.4, 0.5) is 0 Å². The van der Waals surface area contributed by atoms with Crippen molar-refractivity contribution in [2.24, 2.45) is 0 Å². The van der Waals surface area contributed by atoms with Gasteiger partial charge in [-0.25, -0.2) is 4.98 Å². The summed E-state index contributed by atoms with van der Waals surface area (Å²) in [6, 6.07) is 0. The summed E-state index contributed by atoms with van der Waals surface area (Å²) in [7, 11) is 3.82. The molecule has 22 heavy (non-hydrogen) atoms. The first kappa shape index (κ1) is 16.2. The van der Waals surface area contributed by atoms with Crippen molar-refractivity contribution in [2.45, 2.75) is 39.8 Å². The number of amides is 1. The normalized spacial score (nSPS) is 12.0. The summed E-state index contributed by atoms with van der Waals surface area (Å²) in [5.74, 6) is 1.19. The Hall–Kier alpha value is -2.22. The molecule has 0 aliphatic rings. The van der Waals surface area contributed by atoms with Gasteiger partial charge in [-0.15, -0.1) is 0 Å². The number of carbonyl (C=O) groups excluding carboxylic acids is 1. The number of aromatic nitrogens is 3. The van der Waals surface area contributed by atoms with Gasteiger partial charge in [-0.3, -0.25) is 4.79 Å². The van der Waals surface area contributed by atoms with Gasteiger partial charge < -0.3 is 19.2 Å². The molecule has 0 atom stereocenters. The monoisotopic (exact) mass is 307 g/mol. The maximum absolute atomic E-state index is 12.3. The quantitative estimate of drug-likeness (QED) is 0.891. The summed E-state index contributed by atoms with van der Waals surface area (Å²) in [5, 5.41) is 6.78. The van der Waals surface area contributed by atoms with E-state index in [1.54, 1.807) is 27.7 Å². The number of oxazole rings is 1. The van der Waals surface area contributed by atoms with Gasteiger partial charge in [0.1, 0.15) is 0 Å². The van der Waals surface area contributed by atoms with E-state index in [4.69, 9.17) is 8.94 Å². The fraction of sp³-hybridized carbons (Fsp3) is 0.571. The minimum Gasteiger partial charge on any atom is -0.436 e. The van der Waals surface area contributed by atoms with Crippen LogP contribution in [-0.2, 0) is 12.1 Å². The van der Waals surface area contributed by atoms with Crippen LogP contribution >= 0.6 is 0 Å². The zero-order chi connectivity index (χ0) is 16.5. The van der Waals surface area contributed by atoms with Crippen molar-refractivity contribution < 1.29 is 13.7 Å². The predicted octanol–water partition coefficient (Wildman–Crippen LogP) is 1.40. The van der Waals surface area contributed by atoms with Gasteiger partial charge in [0.15, 0.2) is 11.7 Å². The van der Waals surface area contributed by atoms with Crippen molar-refractivity contribution in [1.82, 2.24) is 25.3 Å². The van der Waals surface area contributed by atoms with Crippen molar-refractivity contribution in [2.75, 3.05) is 14.1 Å². The third-order valence-electron chi connectivity index (χ3n) is 3.01. The van der Waals surface area contributed by atoms with E-state index in [2.05, 4.69) is 20.4 Å². The van der Waals surface area contributed by atoms with Crippen molar-refractivity contribution in [3.05, 3.63) is 29.1 Å². The highest BCUT2D eigenvalue weighted by molar-refractivity contribution is 5.92. The van der Waals surface area contributed by atoms with Gasteiger partial charge in [-0.05, 0) is 34.9 Å². The van der Waals surface area contributed by atoms with Gasteiger partial charge in [0.2, 0.25) is 11.7 Å². The molecule has 1 N–H and O–H groups in total. The fourth-order valence-corrected chi connectivity index (χ4v) is 1.98. The van der Waals surface area contributed by atoms with Gasteiger partial charge in [0.05, 0.1) is 17.8 Å². The second kappa shape index (κ2) is 5.88. The molecule has 0 aliphatic heterocycles. The molecule has 0 unspecified atom stereocenters. The fourth-order valence-electron chi connectivity index (χ4n) is 1.98. The van der Waals surface area contributed by atoms with Gasteiger partial charge in [-0.2, -0.15) is 4.98 Å². The van der Waals surface area contributed by atoms with Crippen molar-refractivity contribution in [3.8, 4) is 0 Å². The predicted molar refractivity (Wildman–Crippen MR) is 78.2 cm³/mol. The van der Waals surface area contributed by atoms with Crippen LogP contribution in [0.3, 0.4) is 0 Å². The molecule has 120 valence electrons. The molecule has 8 heteroatoms. The van der Waals surface area contributed by atoms with Crippen LogP contribution in [0.5, 0.6) is 0 Å². The lowest BCUT2D eigenvalue weighted by Crippen LogP contribution is -2.42. The van der Waals surface area contributed by atoms with Crippen molar-refractivity contribution in [3.63, 3.8) is 0 Å². The van der Waals surface area contributed by atoms with E-state index in [9.17, 15) is 4.79 Å². The van der Waals surface area contributed by atoms with Crippen LogP contribution in [-0.4, -0.2) is 40.0 Å². The number of hydrogen-bond acceptors (Lipinski definition) is 7. The van der Waals surface area contributed by atoms with Crippen LogP contribution in [0.15, 0.2) is 8.94 Å². The Morgan fingerprint density at radius 2 is 1.95 bits per heavy atom. The maximum atomic E-state index is 12.3. The highest BCUT2D eigenvalue weighted by Crippen LogP contribution is 2.19. The molecule has 2 rings (SSSR count). The number of aryl methyl sites for hydroxylation is 2. The molecule has 0 bridgehead atoms. The second-order valence-electron chi connectivity index (χ2n) is 5.98. The lowest BCUT2D eigenvalue weighted by atomic mass is 10.0. The smallest absolute Gasteiger partial charge is 0.289 e. The Morgan fingerprint density at radius 3 is 2.50 bits per heavy atom. The zero-order valence-electron chi connectivity index (χ0n) is 13.7. The van der Waals surface area contributed by atoms with Crippen LogP contribution in [0.2, 0.25) is 0 Å². The molecule has 2 aromatic rings. The minimum absolute atomic E-state index is 0.197. The standard InChI is InChI=1S/C14H21N5O3/c1-8-11(21-9(2)15-8)12(20)17-14(3,4)13-16-10(22-18-13)7-19(5)6/h7H2,1-6H3,(H,17,20). The van der Waals surface area contributed by atoms with Crippen molar-refractivity contribution >= 4 is 5.91 Å². The summed E-state index contributed by atoms with van der Waals surface area (Å²) < 4.78 is 10.5. The zero-order valence-corrected chi connectivity index (χ0v) is 13.7. The molecule has 2 heterocycles. The average Bonchev–Trinajstić information content (AvgIpc) is 2.95. The van der Waals surface area contributed by atoms with E-state index in [-0.39, 0.29) is 11.7 Å². The highest BCUT2D eigenvalue weighted by atomic mass is 16.5. The largest absolute Gasteiger partial charge is 0.436 e. The first-order valence-electron chi connectivity index (χ1n) is 6.93. The lowest BCUT2D eigenvalue weighted by Gasteiger charge is -2.21. The van der Waals surface area contributed by atoms with Crippen LogP contribution in [0.1, 0.15) is 47.7 Å². The molecule has 0 radical (unpaired) electrons. The summed E-state index contributed by atoms with van der Waals surface area (Å²) in [5.41, 5.74) is -0.245. The molecular weight excluding hydrogens is 286 g/mol. The molecule has 0 spiro atoms. The third kappa shape index (κ3) is 3.51. The Morgan fingerprint density at radius 1 is 1.27 bits per heavy atom. The van der Waals surface area contributed by atoms with Crippen LogP contribution < -0.4 is 5.32 Å². The molecule has 0 aromatic carbocycles. The van der Waals surface area contributed by atoms with E-state index in [0.29, 0.717) is 29.8 Å². The summed E-state index contributed by atoms with van der Waals surface area (Å²) >= 11 is 0. The van der Waals surface area contributed by atoms with Gasteiger partial charge in [0.25, 0.3) is 5.91 Å². The van der Waals surface area contributed by atoms with Gasteiger partial charge in [0, 0.05) is 6.92 Å². The SMILES string of the molecule is Cc1nc(C)c(C(=O)NC(C)(C)c2noc(CN(C)C)n2)o1. The molecular formula is C14H21N5O3. The van der Waals surface area contributed by atoms with E-state index in [1.165, 1.54) is 0 Å². The highest BCUT2D eigenvalue weighted by Gasteiger charge is 2.31. The van der Waals surface area contributed by atoms with E-state index in [0.717, 1.165) is 0 Å². The van der Waals surface area contributed by atoms with E-state index < -0.39 is 5.54 Å². The number of nitrogens with zero attached hydrogens (tertiary/aromatic N) is 4. The first-order valence-corrected chi connectivity index (χ1v) is 6.93. The Labute approximate surface area is 128 Å². The average molecular weight is 307 g/mol. The number of hydrogen-bond donors (Lipinski definition) is 1. The summed E-state index contributed by atoms with van der Waals surface area (Å²) in [4.78, 5) is 22.6. The Balaban J connectivity index is 2.14. The molecule has 0 saturated carbocycles. The lowest BCUT2D eigenvalue weighted by molar-refractivity contribution is 0.0876. The number of rotatable bonds is 5. The maximum Gasteiger partial charge on any atom is 0.289 e. The van der Waals surface area contributed by atoms with E-state index in [1.807, 2.05) is 19.0 Å². The van der Waals surface area contributed by atoms with Gasteiger partial charge >= 0.3 is 0 Å². The third-order valence-corrected chi connectivity index (χ3v) is 3.01. The minimum atomic E-state index is -0.793. The Bertz CT molecular complexity index is 672. The topological polar surface area (TPSA) is 97.3 Å². The molecule has 2 aromatic heterocycles. The second-order valence-corrected chi connectivity index (χ2v) is 5.98. The number of nitrogens with one attached hydrogen (secondary N) is 1. The van der Waals surface area contributed by atoms with Crippen molar-refractivity contribution in [1.29, 1.82) is 0 Å². The first-order chi connectivity index (χ1) is 10.2. The molecule has 0 saturated heterocycles. The van der Waals surface area contributed by atoms with Gasteiger partial charge in [-0.1, -0.05) is 5.16 Å². The molecule has 0 fully saturated rings. The molecule has 0 aliphatic carbocycles. The van der Waals surface area contributed by atoms with Crippen LogP contribution in [0, 0.1) is 13.8 Å². The summed E-state index contributed by atoms with van der Waals surface area (Å²) in [6.07, 6.45) is 0. The summed E-state index contributed by atoms with van der Waals surface area (Å²) in [6.45, 7) is 7.56. The van der Waals surface area contributed by atoms with E-state index >= 15 is 0 Å². The Kier molecular flexibility index (Phi) is 4.32.